The highest BCUT2D eigenvalue weighted by molar-refractivity contribution is 6.40. The maximum atomic E-state index is 11.7. The zero-order valence-electron chi connectivity index (χ0n) is 11.5. The Bertz CT molecular complexity index is 758. The molecule has 2 N–H and O–H groups in total. The summed E-state index contributed by atoms with van der Waals surface area (Å²) in [7, 11) is 0. The van der Waals surface area contributed by atoms with Gasteiger partial charge in [0.1, 0.15) is 0 Å². The van der Waals surface area contributed by atoms with E-state index in [9.17, 15) is 9.59 Å². The van der Waals surface area contributed by atoms with E-state index in [0.29, 0.717) is 26.3 Å². The molecular weight excluding hydrogens is 361 g/mol. The van der Waals surface area contributed by atoms with E-state index in [2.05, 4.69) is 15.8 Å². The second-order valence-electron chi connectivity index (χ2n) is 4.33. The topological polar surface area (TPSA) is 70.6 Å². The Morgan fingerprint density at radius 3 is 2.26 bits per heavy atom. The standard InChI is InChI=1S/C15H10Cl3N3O2/c16-10-5-11(17)7-12(6-10)20-14(22)15(23)21-19-8-9-3-1-2-4-13(9)18/h1-8H,(H,20,22)(H,21,23)/b19-8+. The summed E-state index contributed by atoms with van der Waals surface area (Å²) in [6.45, 7) is 0. The van der Waals surface area contributed by atoms with Gasteiger partial charge in [-0.1, -0.05) is 53.0 Å². The second kappa shape index (κ2) is 7.97. The van der Waals surface area contributed by atoms with Crippen LogP contribution in [0.25, 0.3) is 0 Å². The highest BCUT2D eigenvalue weighted by Gasteiger charge is 2.13. The monoisotopic (exact) mass is 369 g/mol. The molecule has 0 heterocycles. The van der Waals surface area contributed by atoms with E-state index >= 15 is 0 Å². The van der Waals surface area contributed by atoms with Crippen molar-refractivity contribution >= 4 is 58.5 Å². The lowest BCUT2D eigenvalue weighted by molar-refractivity contribution is -0.136. The normalized spacial score (nSPS) is 10.6. The number of carbonyl (C=O) groups excluding carboxylic acids is 2. The maximum Gasteiger partial charge on any atom is 0.329 e. The van der Waals surface area contributed by atoms with Gasteiger partial charge in [0.25, 0.3) is 0 Å². The average Bonchev–Trinajstić information content (AvgIpc) is 2.48. The number of nitrogens with one attached hydrogen (secondary N) is 2. The summed E-state index contributed by atoms with van der Waals surface area (Å²) in [5, 5.41) is 7.19. The van der Waals surface area contributed by atoms with Crippen molar-refractivity contribution in [2.24, 2.45) is 5.10 Å². The number of benzene rings is 2. The molecule has 0 saturated heterocycles. The van der Waals surface area contributed by atoms with E-state index in [0.717, 1.165) is 0 Å². The molecule has 0 saturated carbocycles. The van der Waals surface area contributed by atoms with Gasteiger partial charge in [-0.25, -0.2) is 5.43 Å². The first-order valence-electron chi connectivity index (χ1n) is 6.31. The molecule has 5 nitrogen and oxygen atoms in total. The molecule has 2 aromatic carbocycles. The van der Waals surface area contributed by atoms with Gasteiger partial charge in [-0.15, -0.1) is 0 Å². The van der Waals surface area contributed by atoms with Crippen LogP contribution in [0.1, 0.15) is 5.56 Å². The fraction of sp³-hybridized carbons (Fsp3) is 0. The molecule has 0 bridgehead atoms. The van der Waals surface area contributed by atoms with E-state index in [1.807, 2.05) is 0 Å². The number of hydrogen-bond donors (Lipinski definition) is 2. The molecule has 0 aliphatic heterocycles. The lowest BCUT2D eigenvalue weighted by atomic mass is 10.2. The van der Waals surface area contributed by atoms with Crippen LogP contribution in [-0.4, -0.2) is 18.0 Å². The summed E-state index contributed by atoms with van der Waals surface area (Å²) in [5.74, 6) is -1.84. The predicted octanol–water partition coefficient (Wildman–Crippen LogP) is 3.74. The number of amides is 2. The molecule has 2 amide bonds. The van der Waals surface area contributed by atoms with Crippen LogP contribution in [0.4, 0.5) is 5.69 Å². The molecule has 23 heavy (non-hydrogen) atoms. The lowest BCUT2D eigenvalue weighted by Gasteiger charge is -2.05. The van der Waals surface area contributed by atoms with E-state index in [4.69, 9.17) is 34.8 Å². The van der Waals surface area contributed by atoms with Crippen LogP contribution in [0, 0.1) is 0 Å². The largest absolute Gasteiger partial charge is 0.329 e. The van der Waals surface area contributed by atoms with E-state index in [-0.39, 0.29) is 0 Å². The zero-order valence-corrected chi connectivity index (χ0v) is 13.8. The molecular formula is C15H10Cl3N3O2. The third-order valence-electron chi connectivity index (χ3n) is 2.60. The zero-order chi connectivity index (χ0) is 16.8. The summed E-state index contributed by atoms with van der Waals surface area (Å²) in [4.78, 5) is 23.4. The van der Waals surface area contributed by atoms with E-state index < -0.39 is 11.8 Å². The van der Waals surface area contributed by atoms with Crippen LogP contribution in [0.5, 0.6) is 0 Å². The second-order valence-corrected chi connectivity index (χ2v) is 5.61. The smallest absolute Gasteiger partial charge is 0.318 e. The summed E-state index contributed by atoms with van der Waals surface area (Å²) in [5.41, 5.74) is 3.01. The third-order valence-corrected chi connectivity index (χ3v) is 3.38. The van der Waals surface area contributed by atoms with Gasteiger partial charge in [0.2, 0.25) is 0 Å². The van der Waals surface area contributed by atoms with Crippen LogP contribution in [0.3, 0.4) is 0 Å². The minimum atomic E-state index is -0.940. The Kier molecular flexibility index (Phi) is 5.98. The van der Waals surface area contributed by atoms with Gasteiger partial charge in [0.05, 0.1) is 6.21 Å². The first-order chi connectivity index (χ1) is 11.0. The van der Waals surface area contributed by atoms with Crippen molar-refractivity contribution in [3.63, 3.8) is 0 Å². The number of rotatable bonds is 3. The minimum absolute atomic E-state index is 0.303. The Labute approximate surface area is 147 Å². The Morgan fingerprint density at radius 2 is 1.61 bits per heavy atom. The number of hydrazone groups is 1. The lowest BCUT2D eigenvalue weighted by Crippen LogP contribution is -2.32. The number of anilines is 1. The average molecular weight is 371 g/mol. The molecule has 0 fully saturated rings. The summed E-state index contributed by atoms with van der Waals surface area (Å²) >= 11 is 17.5. The highest BCUT2D eigenvalue weighted by atomic mass is 35.5. The molecule has 2 aromatic rings. The number of nitrogens with zero attached hydrogens (tertiary/aromatic N) is 1. The van der Waals surface area contributed by atoms with Gasteiger partial charge < -0.3 is 5.32 Å². The van der Waals surface area contributed by atoms with Crippen molar-refractivity contribution in [2.75, 3.05) is 5.32 Å². The molecule has 0 radical (unpaired) electrons. The van der Waals surface area contributed by atoms with E-state index in [1.54, 1.807) is 24.3 Å². The van der Waals surface area contributed by atoms with Crippen LogP contribution in [0.15, 0.2) is 47.6 Å². The summed E-state index contributed by atoms with van der Waals surface area (Å²) in [6, 6.07) is 11.4. The first kappa shape index (κ1) is 17.3. The predicted molar refractivity (Wildman–Crippen MR) is 92.3 cm³/mol. The molecule has 2 rings (SSSR count). The molecule has 118 valence electrons. The van der Waals surface area contributed by atoms with Crippen molar-refractivity contribution in [1.82, 2.24) is 5.43 Å². The van der Waals surface area contributed by atoms with Gasteiger partial charge in [-0.3, -0.25) is 9.59 Å². The van der Waals surface area contributed by atoms with Crippen molar-refractivity contribution in [3.8, 4) is 0 Å². The van der Waals surface area contributed by atoms with Crippen LogP contribution in [0.2, 0.25) is 15.1 Å². The van der Waals surface area contributed by atoms with Crippen molar-refractivity contribution in [1.29, 1.82) is 0 Å². The van der Waals surface area contributed by atoms with Crippen molar-refractivity contribution in [3.05, 3.63) is 63.1 Å². The SMILES string of the molecule is O=C(N/N=C/c1ccccc1Cl)C(=O)Nc1cc(Cl)cc(Cl)c1. The molecule has 0 aliphatic rings. The maximum absolute atomic E-state index is 11.7. The molecule has 8 heteroatoms. The number of halogens is 3. The van der Waals surface area contributed by atoms with Gasteiger partial charge >= 0.3 is 11.8 Å². The third kappa shape index (κ3) is 5.25. The molecule has 0 aliphatic carbocycles. The number of hydrogen-bond acceptors (Lipinski definition) is 3. The molecule has 0 atom stereocenters. The number of carbonyl (C=O) groups is 2. The summed E-state index contributed by atoms with van der Waals surface area (Å²) < 4.78 is 0. The van der Waals surface area contributed by atoms with Gasteiger partial charge in [0, 0.05) is 26.3 Å². The minimum Gasteiger partial charge on any atom is -0.318 e. The van der Waals surface area contributed by atoms with Gasteiger partial charge in [0.15, 0.2) is 0 Å². The van der Waals surface area contributed by atoms with Crippen molar-refractivity contribution < 1.29 is 9.59 Å². The van der Waals surface area contributed by atoms with Gasteiger partial charge in [-0.05, 0) is 24.3 Å². The Balaban J connectivity index is 1.95. The quantitative estimate of drug-likeness (QED) is 0.491. The summed E-state index contributed by atoms with van der Waals surface area (Å²) in [6.07, 6.45) is 1.34. The fourth-order valence-electron chi connectivity index (χ4n) is 1.60. The fourth-order valence-corrected chi connectivity index (χ4v) is 2.32. The Morgan fingerprint density at radius 1 is 0.957 bits per heavy atom. The molecule has 0 aromatic heterocycles. The highest BCUT2D eigenvalue weighted by Crippen LogP contribution is 2.22. The van der Waals surface area contributed by atoms with Crippen LogP contribution >= 0.6 is 34.8 Å². The molecule has 0 spiro atoms. The van der Waals surface area contributed by atoms with Gasteiger partial charge in [-0.2, -0.15) is 5.10 Å². The Hall–Kier alpha value is -2.08. The van der Waals surface area contributed by atoms with E-state index in [1.165, 1.54) is 24.4 Å². The first-order valence-corrected chi connectivity index (χ1v) is 7.44. The molecule has 0 unspecified atom stereocenters. The van der Waals surface area contributed by atoms with Crippen LogP contribution < -0.4 is 10.7 Å². The van der Waals surface area contributed by atoms with Crippen molar-refractivity contribution in [2.45, 2.75) is 0 Å². The van der Waals surface area contributed by atoms with Crippen LogP contribution in [-0.2, 0) is 9.59 Å².